The van der Waals surface area contributed by atoms with Crippen molar-refractivity contribution in [2.45, 2.75) is 120 Å². The maximum absolute atomic E-state index is 14.7. The van der Waals surface area contributed by atoms with Crippen molar-refractivity contribution in [3.05, 3.63) is 36.5 Å². The molecule has 1 saturated heterocycles. The van der Waals surface area contributed by atoms with Gasteiger partial charge in [0.15, 0.2) is 0 Å². The minimum atomic E-state index is -4.91. The third-order valence-electron chi connectivity index (χ3n) is 11.6. The summed E-state index contributed by atoms with van der Waals surface area (Å²) in [6, 6.07) is 2.30. The van der Waals surface area contributed by atoms with Crippen molar-refractivity contribution in [1.82, 2.24) is 30.2 Å². The van der Waals surface area contributed by atoms with Gasteiger partial charge in [0.2, 0.25) is 33.3 Å². The predicted octanol–water partition coefficient (Wildman–Crippen LogP) is 4.31. The minimum absolute atomic E-state index is 0.0403. The van der Waals surface area contributed by atoms with Crippen LogP contribution in [0.1, 0.15) is 79.6 Å². The molecule has 2 aromatic rings. The van der Waals surface area contributed by atoms with Gasteiger partial charge in [0.25, 0.3) is 5.91 Å². The van der Waals surface area contributed by atoms with E-state index in [2.05, 4.69) is 25.3 Å². The summed E-state index contributed by atoms with van der Waals surface area (Å²) in [6.07, 6.45) is -0.0421. The number of nitrogens with one attached hydrogen (secondary N) is 3. The molecule has 7 atom stereocenters. The number of benzene rings is 1. The highest BCUT2D eigenvalue weighted by molar-refractivity contribution is 7.91. The lowest BCUT2D eigenvalue weighted by Gasteiger charge is -2.34. The van der Waals surface area contributed by atoms with Crippen molar-refractivity contribution >= 4 is 44.9 Å². The van der Waals surface area contributed by atoms with Gasteiger partial charge in [-0.1, -0.05) is 26.0 Å². The number of amides is 4. The van der Waals surface area contributed by atoms with Crippen LogP contribution in [0.4, 0.5) is 18.0 Å². The van der Waals surface area contributed by atoms with E-state index in [9.17, 15) is 40.8 Å². The Hall–Kier alpha value is -4.68. The van der Waals surface area contributed by atoms with Crippen LogP contribution in [0.2, 0.25) is 0 Å². The Kier molecular flexibility index (Phi) is 11.2. The molecule has 1 aromatic heterocycles. The molecule has 2 aliphatic carbocycles. The summed E-state index contributed by atoms with van der Waals surface area (Å²) >= 11 is 0. The third kappa shape index (κ3) is 8.77. The number of hydrogen-bond donors (Lipinski definition) is 3. The number of hydrogen-bond acceptors (Lipinski definition) is 11. The Balaban J connectivity index is 1.34. The molecule has 4 aliphatic rings. The number of aromatic nitrogens is 2. The second-order valence-electron chi connectivity index (χ2n) is 16.5. The Morgan fingerprint density at radius 1 is 1.09 bits per heavy atom. The lowest BCUT2D eigenvalue weighted by Crippen LogP contribution is -2.59. The summed E-state index contributed by atoms with van der Waals surface area (Å²) in [7, 11) is -2.58. The summed E-state index contributed by atoms with van der Waals surface area (Å²) in [5.41, 5.74) is -3.55. The van der Waals surface area contributed by atoms with Gasteiger partial charge >= 0.3 is 12.3 Å². The van der Waals surface area contributed by atoms with Crippen LogP contribution >= 0.6 is 0 Å². The number of ether oxygens (including phenoxy) is 3. The van der Waals surface area contributed by atoms with E-state index >= 15 is 0 Å². The first-order valence-corrected chi connectivity index (χ1v) is 20.5. The van der Waals surface area contributed by atoms with E-state index in [4.69, 9.17) is 14.2 Å². The van der Waals surface area contributed by atoms with E-state index in [1.807, 2.05) is 13.0 Å². The van der Waals surface area contributed by atoms with Crippen LogP contribution in [-0.4, -0.2) is 101 Å². The van der Waals surface area contributed by atoms with E-state index in [0.717, 1.165) is 0 Å². The number of alkyl carbamates (subject to hydrolysis) is 1. The SMILES string of the molecule is COc1ccc2ncc(OC3CC4C(=O)NC5(C(=O)NS(=O)(=O)C6(C)CC6)CC5C=CCCC(C)CC(C)C(NC(=O)OC(C)(C)C(F)(F)F)C(=O)N4C3)nc2c1. The summed E-state index contributed by atoms with van der Waals surface area (Å²) in [6.45, 7) is 6.28. The van der Waals surface area contributed by atoms with Gasteiger partial charge < -0.3 is 29.7 Å². The van der Waals surface area contributed by atoms with Gasteiger partial charge in [-0.3, -0.25) is 19.1 Å². The molecular weight excluding hydrogens is 774 g/mol. The van der Waals surface area contributed by atoms with Gasteiger partial charge in [-0.2, -0.15) is 13.2 Å². The zero-order valence-electron chi connectivity index (χ0n) is 32.6. The molecule has 2 saturated carbocycles. The van der Waals surface area contributed by atoms with E-state index in [0.29, 0.717) is 62.7 Å². The molecule has 0 bridgehead atoms. The summed E-state index contributed by atoms with van der Waals surface area (Å²) in [5, 5.41) is 5.14. The third-order valence-corrected chi connectivity index (χ3v) is 13.7. The van der Waals surface area contributed by atoms with Crippen molar-refractivity contribution in [2.75, 3.05) is 13.7 Å². The smallest absolute Gasteiger partial charge is 0.427 e. The van der Waals surface area contributed by atoms with Crippen LogP contribution < -0.4 is 24.8 Å². The molecule has 3 N–H and O–H groups in total. The van der Waals surface area contributed by atoms with E-state index in [-0.39, 0.29) is 31.2 Å². The first-order valence-electron chi connectivity index (χ1n) is 19.0. The van der Waals surface area contributed by atoms with Crippen molar-refractivity contribution in [2.24, 2.45) is 17.8 Å². The second kappa shape index (κ2) is 15.2. The minimum Gasteiger partial charge on any atom is -0.497 e. The summed E-state index contributed by atoms with van der Waals surface area (Å²) in [5.74, 6) is -3.13. The number of carbonyl (C=O) groups excluding carboxylic acids is 4. The number of carbonyl (C=O) groups is 4. The topological polar surface area (TPSA) is 195 Å². The van der Waals surface area contributed by atoms with Crippen molar-refractivity contribution in [3.63, 3.8) is 0 Å². The van der Waals surface area contributed by atoms with Gasteiger partial charge in [0, 0.05) is 18.4 Å². The Morgan fingerprint density at radius 2 is 1.81 bits per heavy atom. The Morgan fingerprint density at radius 3 is 2.47 bits per heavy atom. The molecule has 0 radical (unpaired) electrons. The predicted molar refractivity (Wildman–Crippen MR) is 199 cm³/mol. The zero-order valence-corrected chi connectivity index (χ0v) is 33.5. The molecule has 3 fully saturated rings. The van der Waals surface area contributed by atoms with E-state index in [1.165, 1.54) is 25.1 Å². The molecule has 57 heavy (non-hydrogen) atoms. The molecule has 1 aromatic carbocycles. The van der Waals surface area contributed by atoms with Crippen molar-refractivity contribution in [3.8, 4) is 11.6 Å². The van der Waals surface area contributed by atoms with Crippen LogP contribution in [-0.2, 0) is 29.1 Å². The van der Waals surface area contributed by atoms with Gasteiger partial charge in [-0.25, -0.2) is 23.2 Å². The number of rotatable bonds is 8. The lowest BCUT2D eigenvalue weighted by atomic mass is 9.88. The highest BCUT2D eigenvalue weighted by Gasteiger charge is 2.63. The van der Waals surface area contributed by atoms with Crippen LogP contribution in [0.5, 0.6) is 11.6 Å². The van der Waals surface area contributed by atoms with Gasteiger partial charge in [-0.15, -0.1) is 0 Å². The molecule has 312 valence electrons. The Labute approximate surface area is 328 Å². The van der Waals surface area contributed by atoms with Gasteiger partial charge in [-0.05, 0) is 83.3 Å². The van der Waals surface area contributed by atoms with Gasteiger partial charge in [0.1, 0.15) is 29.5 Å². The number of allylic oxidation sites excluding steroid dienone is 1. The average molecular weight is 823 g/mol. The van der Waals surface area contributed by atoms with E-state index in [1.54, 1.807) is 31.2 Å². The number of methoxy groups -OCH3 is 1. The lowest BCUT2D eigenvalue weighted by molar-refractivity contribution is -0.244. The quantitative estimate of drug-likeness (QED) is 0.321. The van der Waals surface area contributed by atoms with Crippen molar-refractivity contribution < 1.29 is 55.0 Å². The van der Waals surface area contributed by atoms with Gasteiger partial charge in [0.05, 0.1) is 35.6 Å². The highest BCUT2D eigenvalue weighted by atomic mass is 32.2. The standard InChI is InChI=1S/C38H49F3N6O9S/c1-21-9-7-8-10-23-18-37(23,33(50)46-57(52,53)36(5)13-14-36)45-31(48)28-17-25(55-29-19-42-26-12-11-24(54-6)16-27(26)43-29)20-47(28)32(49)30(22(2)15-21)44-34(51)56-35(3,4)38(39,40)41/h8,10-12,16,19,21-23,25,28,30H,7,9,13-15,17-18,20H2,1-6H3,(H,44,51)(H,45,48)(H,46,50). The van der Waals surface area contributed by atoms with Crippen LogP contribution in [0, 0.1) is 17.8 Å². The molecule has 0 spiro atoms. The van der Waals surface area contributed by atoms with Crippen LogP contribution in [0.3, 0.4) is 0 Å². The summed E-state index contributed by atoms with van der Waals surface area (Å²) < 4.78 is 84.7. The number of fused-ring (bicyclic) bond motifs is 3. The first-order chi connectivity index (χ1) is 26.6. The number of alkyl halides is 3. The normalized spacial score (nSPS) is 29.2. The monoisotopic (exact) mass is 822 g/mol. The fraction of sp³-hybridized carbons (Fsp3) is 0.632. The zero-order chi connectivity index (χ0) is 41.7. The highest BCUT2D eigenvalue weighted by Crippen LogP contribution is 2.47. The summed E-state index contributed by atoms with van der Waals surface area (Å²) in [4.78, 5) is 66.1. The molecule has 6 rings (SSSR count). The van der Waals surface area contributed by atoms with Crippen LogP contribution in [0.25, 0.3) is 11.0 Å². The number of nitrogens with zero attached hydrogens (tertiary/aromatic N) is 3. The van der Waals surface area contributed by atoms with Crippen molar-refractivity contribution in [1.29, 1.82) is 0 Å². The molecule has 3 heterocycles. The molecular formula is C38H49F3N6O9S. The average Bonchev–Trinajstić information content (AvgIpc) is 4.01. The maximum atomic E-state index is 14.7. The van der Waals surface area contributed by atoms with Crippen LogP contribution in [0.15, 0.2) is 36.5 Å². The molecule has 4 amide bonds. The fourth-order valence-electron chi connectivity index (χ4n) is 7.37. The Bertz CT molecular complexity index is 2060. The fourth-order valence-corrected chi connectivity index (χ4v) is 8.68. The molecule has 15 nitrogen and oxygen atoms in total. The van der Waals surface area contributed by atoms with E-state index < -0.39 is 85.9 Å². The maximum Gasteiger partial charge on any atom is 0.427 e. The number of sulfonamides is 1. The second-order valence-corrected chi connectivity index (χ2v) is 18.7. The largest absolute Gasteiger partial charge is 0.497 e. The molecule has 7 unspecified atom stereocenters. The first kappa shape index (κ1) is 41.9. The number of halogens is 3. The molecule has 19 heteroatoms. The molecule has 2 aliphatic heterocycles.